The van der Waals surface area contributed by atoms with Crippen LogP contribution in [0.3, 0.4) is 0 Å². The summed E-state index contributed by atoms with van der Waals surface area (Å²) in [4.78, 5) is 26.0. The van der Waals surface area contributed by atoms with Gasteiger partial charge in [-0.3, -0.25) is 9.78 Å². The maximum absolute atomic E-state index is 12.7. The van der Waals surface area contributed by atoms with Gasteiger partial charge in [0.15, 0.2) is 5.65 Å². The summed E-state index contributed by atoms with van der Waals surface area (Å²) in [6, 6.07) is 9.59. The van der Waals surface area contributed by atoms with Crippen molar-refractivity contribution in [1.29, 1.82) is 0 Å². The molecule has 4 rings (SSSR count). The van der Waals surface area contributed by atoms with Crippen molar-refractivity contribution in [3.63, 3.8) is 0 Å². The van der Waals surface area contributed by atoms with E-state index in [2.05, 4.69) is 37.6 Å². The van der Waals surface area contributed by atoms with Crippen molar-refractivity contribution in [3.8, 4) is 0 Å². The van der Waals surface area contributed by atoms with Gasteiger partial charge in [-0.1, -0.05) is 19.1 Å². The second-order valence-corrected chi connectivity index (χ2v) is 7.52. The van der Waals surface area contributed by atoms with Crippen molar-refractivity contribution >= 4 is 28.6 Å². The average Bonchev–Trinajstić information content (AvgIpc) is 3.14. The van der Waals surface area contributed by atoms with Crippen LogP contribution in [0.5, 0.6) is 0 Å². The maximum Gasteiger partial charge on any atom is 0.257 e. The number of benzene rings is 1. The first kappa shape index (κ1) is 20.5. The first-order chi connectivity index (χ1) is 14.9. The summed E-state index contributed by atoms with van der Waals surface area (Å²) in [7, 11) is 1.84. The number of anilines is 2. The van der Waals surface area contributed by atoms with Gasteiger partial charge >= 0.3 is 0 Å². The number of rotatable bonds is 6. The Kier molecular flexibility index (Phi) is 5.62. The minimum Gasteiger partial charge on any atom is -0.362 e. The molecule has 0 aliphatic heterocycles. The standard InChI is InChI=1S/C23H25N7O/c1-5-19-14(2)9-17(11-24-19)23(31)28-18-8-6-7-16(10-18)15(3)27-21-13-25-20-12-26-30(4)22(20)29-21/h6-13,15H,5H2,1-4H3,(H,27,29)(H,28,31)/t15-/m0/s1. The van der Waals surface area contributed by atoms with Crippen LogP contribution in [0.1, 0.15) is 47.1 Å². The van der Waals surface area contributed by atoms with E-state index in [1.807, 2.05) is 51.2 Å². The van der Waals surface area contributed by atoms with E-state index in [-0.39, 0.29) is 11.9 Å². The highest BCUT2D eigenvalue weighted by Crippen LogP contribution is 2.22. The lowest BCUT2D eigenvalue weighted by Crippen LogP contribution is -2.14. The number of amides is 1. The number of hydrogen-bond acceptors (Lipinski definition) is 6. The molecule has 0 unspecified atom stereocenters. The molecule has 0 saturated heterocycles. The first-order valence-electron chi connectivity index (χ1n) is 10.2. The number of nitrogens with zero attached hydrogens (tertiary/aromatic N) is 5. The number of hydrogen-bond donors (Lipinski definition) is 2. The largest absolute Gasteiger partial charge is 0.362 e. The van der Waals surface area contributed by atoms with Crippen LogP contribution in [0.2, 0.25) is 0 Å². The topological polar surface area (TPSA) is 97.6 Å². The normalized spacial score (nSPS) is 12.0. The fourth-order valence-corrected chi connectivity index (χ4v) is 3.47. The highest BCUT2D eigenvalue weighted by atomic mass is 16.1. The van der Waals surface area contributed by atoms with Crippen LogP contribution in [0, 0.1) is 6.92 Å². The van der Waals surface area contributed by atoms with Crippen LogP contribution in [-0.4, -0.2) is 30.6 Å². The van der Waals surface area contributed by atoms with E-state index in [4.69, 9.17) is 0 Å². The fraction of sp³-hybridized carbons (Fsp3) is 0.261. The van der Waals surface area contributed by atoms with Gasteiger partial charge in [0.1, 0.15) is 11.3 Å². The molecule has 0 fully saturated rings. The summed E-state index contributed by atoms with van der Waals surface area (Å²) in [5.74, 6) is 0.485. The molecule has 0 aliphatic carbocycles. The molecule has 0 spiro atoms. The Bertz CT molecular complexity index is 1250. The first-order valence-corrected chi connectivity index (χ1v) is 10.2. The lowest BCUT2D eigenvalue weighted by Gasteiger charge is -2.16. The fourth-order valence-electron chi connectivity index (χ4n) is 3.47. The Morgan fingerprint density at radius 1 is 1.16 bits per heavy atom. The molecule has 0 radical (unpaired) electrons. The Morgan fingerprint density at radius 2 is 2.00 bits per heavy atom. The van der Waals surface area contributed by atoms with Gasteiger partial charge in [0, 0.05) is 24.6 Å². The SMILES string of the molecule is CCc1ncc(C(=O)Nc2cccc([C@H](C)Nc3cnc4cnn(C)c4n3)c2)cc1C. The van der Waals surface area contributed by atoms with E-state index in [1.165, 1.54) is 0 Å². The molecule has 3 heterocycles. The van der Waals surface area contributed by atoms with Gasteiger partial charge in [0.2, 0.25) is 0 Å². The molecule has 0 saturated carbocycles. The second-order valence-electron chi connectivity index (χ2n) is 7.52. The van der Waals surface area contributed by atoms with Crippen LogP contribution in [0.15, 0.2) is 48.9 Å². The van der Waals surface area contributed by atoms with Crippen molar-refractivity contribution in [3.05, 3.63) is 71.3 Å². The van der Waals surface area contributed by atoms with E-state index in [0.717, 1.165) is 40.1 Å². The maximum atomic E-state index is 12.7. The summed E-state index contributed by atoms with van der Waals surface area (Å²) < 4.78 is 1.69. The molecule has 8 heteroatoms. The molecule has 3 aromatic heterocycles. The van der Waals surface area contributed by atoms with Gasteiger partial charge < -0.3 is 10.6 Å². The number of carbonyl (C=O) groups is 1. The lowest BCUT2D eigenvalue weighted by molar-refractivity contribution is 0.102. The predicted octanol–water partition coefficient (Wildman–Crippen LogP) is 4.05. The van der Waals surface area contributed by atoms with Crippen molar-refractivity contribution in [2.75, 3.05) is 10.6 Å². The number of fused-ring (bicyclic) bond motifs is 1. The monoisotopic (exact) mass is 415 g/mol. The number of aromatic nitrogens is 5. The molecule has 8 nitrogen and oxygen atoms in total. The van der Waals surface area contributed by atoms with Gasteiger partial charge in [-0.05, 0) is 49.6 Å². The van der Waals surface area contributed by atoms with Crippen molar-refractivity contribution < 1.29 is 4.79 Å². The molecule has 31 heavy (non-hydrogen) atoms. The molecule has 0 aliphatic rings. The van der Waals surface area contributed by atoms with Gasteiger partial charge in [0.25, 0.3) is 5.91 Å². The van der Waals surface area contributed by atoms with Crippen molar-refractivity contribution in [1.82, 2.24) is 24.7 Å². The molecule has 158 valence electrons. The molecule has 4 aromatic rings. The number of pyridine rings is 1. The van der Waals surface area contributed by atoms with Crippen LogP contribution < -0.4 is 10.6 Å². The molecule has 2 N–H and O–H groups in total. The number of carbonyl (C=O) groups excluding carboxylic acids is 1. The molecular weight excluding hydrogens is 390 g/mol. The predicted molar refractivity (Wildman–Crippen MR) is 121 cm³/mol. The van der Waals surface area contributed by atoms with Crippen LogP contribution in [0.25, 0.3) is 11.2 Å². The van der Waals surface area contributed by atoms with Crippen LogP contribution >= 0.6 is 0 Å². The Labute approximate surface area is 180 Å². The quantitative estimate of drug-likeness (QED) is 0.493. The zero-order valence-corrected chi connectivity index (χ0v) is 18.0. The van der Waals surface area contributed by atoms with Crippen LogP contribution in [-0.2, 0) is 13.5 Å². The molecule has 1 amide bonds. The molecule has 0 bridgehead atoms. The lowest BCUT2D eigenvalue weighted by atomic mass is 10.1. The third kappa shape index (κ3) is 4.37. The number of aryl methyl sites for hydroxylation is 3. The zero-order chi connectivity index (χ0) is 22.0. The van der Waals surface area contributed by atoms with E-state index in [0.29, 0.717) is 11.4 Å². The highest BCUT2D eigenvalue weighted by Gasteiger charge is 2.12. The minimum absolute atomic E-state index is 0.0374. The van der Waals surface area contributed by atoms with Gasteiger partial charge in [0.05, 0.1) is 24.0 Å². The van der Waals surface area contributed by atoms with Gasteiger partial charge in [-0.2, -0.15) is 5.10 Å². The van der Waals surface area contributed by atoms with E-state index in [9.17, 15) is 4.79 Å². The Balaban J connectivity index is 1.48. The summed E-state index contributed by atoms with van der Waals surface area (Å²) in [5.41, 5.74) is 5.78. The third-order valence-corrected chi connectivity index (χ3v) is 5.23. The van der Waals surface area contributed by atoms with E-state index < -0.39 is 0 Å². The van der Waals surface area contributed by atoms with Crippen molar-refractivity contribution in [2.45, 2.75) is 33.2 Å². The zero-order valence-electron chi connectivity index (χ0n) is 18.0. The number of nitrogens with one attached hydrogen (secondary N) is 2. The smallest absolute Gasteiger partial charge is 0.257 e. The third-order valence-electron chi connectivity index (χ3n) is 5.23. The van der Waals surface area contributed by atoms with E-state index >= 15 is 0 Å². The summed E-state index contributed by atoms with van der Waals surface area (Å²) >= 11 is 0. The molecule has 1 atom stereocenters. The van der Waals surface area contributed by atoms with Gasteiger partial charge in [-0.15, -0.1) is 0 Å². The summed E-state index contributed by atoms with van der Waals surface area (Å²) in [5, 5.41) is 10.5. The van der Waals surface area contributed by atoms with Crippen LogP contribution in [0.4, 0.5) is 11.5 Å². The Morgan fingerprint density at radius 3 is 2.77 bits per heavy atom. The molecular formula is C23H25N7O. The second kappa shape index (κ2) is 8.51. The summed E-state index contributed by atoms with van der Waals surface area (Å²) in [6.07, 6.45) is 5.86. The average molecular weight is 416 g/mol. The minimum atomic E-state index is -0.177. The highest BCUT2D eigenvalue weighted by molar-refractivity contribution is 6.04. The Hall–Kier alpha value is -3.81. The van der Waals surface area contributed by atoms with Crippen molar-refractivity contribution in [2.24, 2.45) is 7.05 Å². The summed E-state index contributed by atoms with van der Waals surface area (Å²) in [6.45, 7) is 6.06. The van der Waals surface area contributed by atoms with E-state index in [1.54, 1.807) is 23.3 Å². The molecule has 1 aromatic carbocycles. The van der Waals surface area contributed by atoms with Gasteiger partial charge in [-0.25, -0.2) is 14.6 Å².